The molecule has 0 heterocycles. The second kappa shape index (κ2) is 7.81. The number of benzene rings is 3. The van der Waals surface area contributed by atoms with Crippen LogP contribution in [0.1, 0.15) is 15.9 Å². The van der Waals surface area contributed by atoms with Crippen LogP contribution in [0.5, 0.6) is 5.75 Å². The summed E-state index contributed by atoms with van der Waals surface area (Å²) in [6.07, 6.45) is 0. The summed E-state index contributed by atoms with van der Waals surface area (Å²) in [6, 6.07) is 20.6. The van der Waals surface area contributed by atoms with Gasteiger partial charge in [-0.2, -0.15) is 0 Å². The Bertz CT molecular complexity index is 884. The Hall–Kier alpha value is -2.85. The molecule has 0 bridgehead atoms. The van der Waals surface area contributed by atoms with Gasteiger partial charge in [0.05, 0.1) is 5.02 Å². The molecule has 0 aliphatic rings. The molecule has 0 aromatic heterocycles. The lowest BCUT2D eigenvalue weighted by atomic mass is 10.2. The van der Waals surface area contributed by atoms with Gasteiger partial charge in [-0.3, -0.25) is 4.79 Å². The van der Waals surface area contributed by atoms with Crippen molar-refractivity contribution >= 4 is 23.2 Å². The number of hydrogen-bond donors (Lipinski definition) is 1. The summed E-state index contributed by atoms with van der Waals surface area (Å²) < 4.78 is 18.9. The predicted molar refractivity (Wildman–Crippen MR) is 96.6 cm³/mol. The van der Waals surface area contributed by atoms with Gasteiger partial charge in [-0.15, -0.1) is 0 Å². The molecular weight excluding hydrogens is 341 g/mol. The Labute approximate surface area is 150 Å². The van der Waals surface area contributed by atoms with Crippen molar-refractivity contribution in [2.75, 3.05) is 5.32 Å². The minimum Gasteiger partial charge on any atom is -0.489 e. The molecule has 5 heteroatoms. The first-order valence-corrected chi connectivity index (χ1v) is 8.03. The molecule has 0 fully saturated rings. The summed E-state index contributed by atoms with van der Waals surface area (Å²) >= 11 is 5.72. The van der Waals surface area contributed by atoms with Crippen LogP contribution >= 0.6 is 11.6 Å². The maximum Gasteiger partial charge on any atom is 0.255 e. The van der Waals surface area contributed by atoms with Crippen LogP contribution in [-0.2, 0) is 6.61 Å². The molecule has 0 atom stereocenters. The van der Waals surface area contributed by atoms with Crippen LogP contribution in [0, 0.1) is 5.82 Å². The minimum atomic E-state index is -0.532. The molecule has 0 unspecified atom stereocenters. The molecule has 0 saturated heterocycles. The zero-order valence-corrected chi connectivity index (χ0v) is 14.0. The third kappa shape index (κ3) is 4.58. The van der Waals surface area contributed by atoms with Gasteiger partial charge in [0.1, 0.15) is 18.2 Å². The molecule has 1 amide bonds. The van der Waals surface area contributed by atoms with Crippen LogP contribution in [0.4, 0.5) is 10.1 Å². The van der Waals surface area contributed by atoms with E-state index in [0.717, 1.165) is 5.56 Å². The minimum absolute atomic E-state index is 0.0438. The van der Waals surface area contributed by atoms with Crippen LogP contribution in [0.25, 0.3) is 0 Å². The van der Waals surface area contributed by atoms with Gasteiger partial charge in [-0.1, -0.05) is 48.0 Å². The molecule has 0 aliphatic carbocycles. The lowest BCUT2D eigenvalue weighted by Crippen LogP contribution is -2.12. The summed E-state index contributed by atoms with van der Waals surface area (Å²) in [5.74, 6) is -0.266. The van der Waals surface area contributed by atoms with Crippen molar-refractivity contribution in [3.05, 3.63) is 94.8 Å². The third-order valence-electron chi connectivity index (χ3n) is 3.52. The van der Waals surface area contributed by atoms with Crippen molar-refractivity contribution in [2.24, 2.45) is 0 Å². The lowest BCUT2D eigenvalue weighted by molar-refractivity contribution is 0.102. The van der Waals surface area contributed by atoms with E-state index in [1.54, 1.807) is 24.3 Å². The van der Waals surface area contributed by atoms with Crippen LogP contribution in [0.2, 0.25) is 5.02 Å². The molecule has 3 nitrogen and oxygen atoms in total. The Morgan fingerprint density at radius 1 is 1.00 bits per heavy atom. The van der Waals surface area contributed by atoms with Gasteiger partial charge in [0.2, 0.25) is 0 Å². The van der Waals surface area contributed by atoms with E-state index in [-0.39, 0.29) is 10.9 Å². The van der Waals surface area contributed by atoms with Crippen molar-refractivity contribution in [3.63, 3.8) is 0 Å². The van der Waals surface area contributed by atoms with Crippen LogP contribution in [0.15, 0.2) is 72.8 Å². The van der Waals surface area contributed by atoms with E-state index < -0.39 is 5.82 Å². The second-order valence-corrected chi connectivity index (χ2v) is 5.79. The highest BCUT2D eigenvalue weighted by Crippen LogP contribution is 2.21. The zero-order chi connectivity index (χ0) is 17.6. The van der Waals surface area contributed by atoms with Crippen molar-refractivity contribution in [1.82, 2.24) is 0 Å². The number of hydrogen-bond acceptors (Lipinski definition) is 2. The molecule has 3 rings (SSSR count). The van der Waals surface area contributed by atoms with E-state index in [1.807, 2.05) is 30.3 Å². The van der Waals surface area contributed by atoms with Gasteiger partial charge in [0, 0.05) is 11.3 Å². The lowest BCUT2D eigenvalue weighted by Gasteiger charge is -2.09. The largest absolute Gasteiger partial charge is 0.489 e. The quantitative estimate of drug-likeness (QED) is 0.673. The van der Waals surface area contributed by atoms with E-state index in [1.165, 1.54) is 18.2 Å². The Morgan fingerprint density at radius 3 is 2.56 bits per heavy atom. The van der Waals surface area contributed by atoms with Crippen LogP contribution in [0.3, 0.4) is 0 Å². The number of carbonyl (C=O) groups excluding carboxylic acids is 1. The first-order valence-electron chi connectivity index (χ1n) is 7.65. The van der Waals surface area contributed by atoms with Gasteiger partial charge in [0.25, 0.3) is 5.91 Å². The standard InChI is InChI=1S/C20H15ClFNO2/c21-18-12-16(9-10-19(18)22)23-20(24)15-7-4-8-17(11-15)25-13-14-5-2-1-3-6-14/h1-12H,13H2,(H,23,24). The molecule has 25 heavy (non-hydrogen) atoms. The summed E-state index contributed by atoms with van der Waals surface area (Å²) in [4.78, 5) is 12.3. The van der Waals surface area contributed by atoms with Crippen molar-refractivity contribution in [1.29, 1.82) is 0 Å². The number of halogens is 2. The van der Waals surface area contributed by atoms with E-state index in [4.69, 9.17) is 16.3 Å². The molecular formula is C20H15ClFNO2. The average Bonchev–Trinajstić information content (AvgIpc) is 2.64. The fourth-order valence-electron chi connectivity index (χ4n) is 2.25. The van der Waals surface area contributed by atoms with E-state index in [9.17, 15) is 9.18 Å². The van der Waals surface area contributed by atoms with E-state index in [0.29, 0.717) is 23.6 Å². The Morgan fingerprint density at radius 2 is 1.80 bits per heavy atom. The number of anilines is 1. The highest BCUT2D eigenvalue weighted by Gasteiger charge is 2.09. The number of nitrogens with one attached hydrogen (secondary N) is 1. The topological polar surface area (TPSA) is 38.3 Å². The summed E-state index contributed by atoms with van der Waals surface area (Å²) in [7, 11) is 0. The SMILES string of the molecule is O=C(Nc1ccc(F)c(Cl)c1)c1cccc(OCc2ccccc2)c1. The van der Waals surface area contributed by atoms with Gasteiger partial charge in [-0.05, 0) is 42.0 Å². The number of ether oxygens (including phenoxy) is 1. The average molecular weight is 356 g/mol. The third-order valence-corrected chi connectivity index (χ3v) is 3.81. The number of carbonyl (C=O) groups is 1. The molecule has 3 aromatic rings. The molecule has 0 spiro atoms. The Balaban J connectivity index is 1.67. The smallest absolute Gasteiger partial charge is 0.255 e. The van der Waals surface area contributed by atoms with Crippen LogP contribution < -0.4 is 10.1 Å². The van der Waals surface area contributed by atoms with Gasteiger partial charge in [0.15, 0.2) is 0 Å². The Kier molecular flexibility index (Phi) is 5.31. The van der Waals surface area contributed by atoms with Gasteiger partial charge in [-0.25, -0.2) is 4.39 Å². The number of amides is 1. The fraction of sp³-hybridized carbons (Fsp3) is 0.0500. The fourth-order valence-corrected chi connectivity index (χ4v) is 2.43. The first-order chi connectivity index (χ1) is 12.1. The normalized spacial score (nSPS) is 10.3. The van der Waals surface area contributed by atoms with Crippen molar-refractivity contribution < 1.29 is 13.9 Å². The second-order valence-electron chi connectivity index (χ2n) is 5.39. The first kappa shape index (κ1) is 17.0. The molecule has 126 valence electrons. The van der Waals surface area contributed by atoms with Crippen molar-refractivity contribution in [3.8, 4) is 5.75 Å². The van der Waals surface area contributed by atoms with Gasteiger partial charge < -0.3 is 10.1 Å². The maximum atomic E-state index is 13.2. The summed E-state index contributed by atoms with van der Waals surface area (Å²) in [6.45, 7) is 0.416. The molecule has 1 N–H and O–H groups in total. The monoisotopic (exact) mass is 355 g/mol. The number of rotatable bonds is 5. The summed E-state index contributed by atoms with van der Waals surface area (Å²) in [5, 5.41) is 2.64. The maximum absolute atomic E-state index is 13.2. The van der Waals surface area contributed by atoms with Crippen molar-refractivity contribution in [2.45, 2.75) is 6.61 Å². The predicted octanol–water partition coefficient (Wildman–Crippen LogP) is 5.31. The van der Waals surface area contributed by atoms with Gasteiger partial charge >= 0.3 is 0 Å². The van der Waals surface area contributed by atoms with E-state index >= 15 is 0 Å². The highest BCUT2D eigenvalue weighted by atomic mass is 35.5. The highest BCUT2D eigenvalue weighted by molar-refractivity contribution is 6.31. The molecule has 0 saturated carbocycles. The molecule has 0 aliphatic heterocycles. The molecule has 3 aromatic carbocycles. The molecule has 0 radical (unpaired) electrons. The van der Waals surface area contributed by atoms with Crippen LogP contribution in [-0.4, -0.2) is 5.91 Å². The zero-order valence-electron chi connectivity index (χ0n) is 13.2. The summed E-state index contributed by atoms with van der Waals surface area (Å²) in [5.41, 5.74) is 1.90. The van der Waals surface area contributed by atoms with E-state index in [2.05, 4.69) is 5.32 Å².